The summed E-state index contributed by atoms with van der Waals surface area (Å²) in [5.74, 6) is -0.0649. The van der Waals surface area contributed by atoms with Gasteiger partial charge in [0.1, 0.15) is 0 Å². The third kappa shape index (κ3) is 3.52. The third-order valence-electron chi connectivity index (χ3n) is 3.97. The van der Waals surface area contributed by atoms with Crippen LogP contribution in [0.1, 0.15) is 34.3 Å². The lowest BCUT2D eigenvalue weighted by Crippen LogP contribution is -2.18. The number of hydrogen-bond donors (Lipinski definition) is 0. The molecular formula is C18H17Cl2NO. The van der Waals surface area contributed by atoms with Gasteiger partial charge in [-0.25, -0.2) is 0 Å². The number of benzene rings is 2. The first-order valence-electron chi connectivity index (χ1n) is 7.44. The van der Waals surface area contributed by atoms with Crippen LogP contribution in [0.3, 0.4) is 0 Å². The van der Waals surface area contributed by atoms with E-state index in [4.69, 9.17) is 23.2 Å². The Labute approximate surface area is 140 Å². The maximum Gasteiger partial charge on any atom is 0.194 e. The highest BCUT2D eigenvalue weighted by Crippen LogP contribution is 2.24. The Morgan fingerprint density at radius 2 is 1.82 bits per heavy atom. The van der Waals surface area contributed by atoms with E-state index in [-0.39, 0.29) is 5.78 Å². The first-order chi connectivity index (χ1) is 10.6. The van der Waals surface area contributed by atoms with Crippen molar-refractivity contribution in [2.24, 2.45) is 0 Å². The van der Waals surface area contributed by atoms with Crippen LogP contribution < -0.4 is 0 Å². The molecule has 1 aliphatic heterocycles. The zero-order chi connectivity index (χ0) is 15.5. The molecule has 0 atom stereocenters. The average molecular weight is 334 g/mol. The predicted molar refractivity (Wildman–Crippen MR) is 90.8 cm³/mol. The molecule has 0 saturated carbocycles. The zero-order valence-electron chi connectivity index (χ0n) is 12.2. The second-order valence-electron chi connectivity index (χ2n) is 5.64. The molecule has 0 aliphatic carbocycles. The Bertz CT molecular complexity index is 693. The van der Waals surface area contributed by atoms with Crippen LogP contribution in [0.2, 0.25) is 10.0 Å². The Morgan fingerprint density at radius 1 is 1.05 bits per heavy atom. The molecule has 0 unspecified atom stereocenters. The van der Waals surface area contributed by atoms with Crippen molar-refractivity contribution in [1.82, 2.24) is 4.90 Å². The van der Waals surface area contributed by atoms with Crippen molar-refractivity contribution in [3.63, 3.8) is 0 Å². The number of likely N-dealkylation sites (tertiary alicyclic amines) is 1. The van der Waals surface area contributed by atoms with Gasteiger partial charge in [0.05, 0.1) is 5.02 Å². The van der Waals surface area contributed by atoms with E-state index < -0.39 is 0 Å². The number of halogens is 2. The van der Waals surface area contributed by atoms with E-state index in [1.54, 1.807) is 18.2 Å². The van der Waals surface area contributed by atoms with Crippen LogP contribution in [0.15, 0.2) is 42.5 Å². The third-order valence-corrected chi connectivity index (χ3v) is 4.52. The van der Waals surface area contributed by atoms with Gasteiger partial charge in [-0.1, -0.05) is 41.4 Å². The van der Waals surface area contributed by atoms with Gasteiger partial charge >= 0.3 is 0 Å². The van der Waals surface area contributed by atoms with Gasteiger partial charge in [0, 0.05) is 22.7 Å². The summed E-state index contributed by atoms with van der Waals surface area (Å²) in [4.78, 5) is 15.0. The second kappa shape index (κ2) is 6.82. The average Bonchev–Trinajstić information content (AvgIpc) is 3.00. The van der Waals surface area contributed by atoms with Crippen LogP contribution in [0.4, 0.5) is 0 Å². The van der Waals surface area contributed by atoms with Gasteiger partial charge in [0.15, 0.2) is 5.78 Å². The minimum atomic E-state index is -0.0649. The molecule has 1 heterocycles. The molecule has 1 fully saturated rings. The Morgan fingerprint density at radius 3 is 2.55 bits per heavy atom. The van der Waals surface area contributed by atoms with E-state index in [0.29, 0.717) is 21.2 Å². The van der Waals surface area contributed by atoms with Crippen molar-refractivity contribution in [3.05, 3.63) is 69.2 Å². The zero-order valence-corrected chi connectivity index (χ0v) is 13.7. The van der Waals surface area contributed by atoms with E-state index in [1.165, 1.54) is 12.8 Å². The van der Waals surface area contributed by atoms with Crippen molar-refractivity contribution in [3.8, 4) is 0 Å². The fourth-order valence-corrected chi connectivity index (χ4v) is 3.33. The summed E-state index contributed by atoms with van der Waals surface area (Å²) in [6, 6.07) is 12.8. The van der Waals surface area contributed by atoms with E-state index >= 15 is 0 Å². The SMILES string of the molecule is O=C(c1cccc(CN2CCCC2)c1)c1ccc(Cl)cc1Cl. The standard InChI is InChI=1S/C18H17Cl2NO/c19-15-6-7-16(17(20)11-15)18(22)14-5-3-4-13(10-14)12-21-8-1-2-9-21/h3-7,10-11H,1-2,8-9,12H2. The second-order valence-corrected chi connectivity index (χ2v) is 6.48. The molecule has 0 bridgehead atoms. The molecule has 1 aliphatic rings. The summed E-state index contributed by atoms with van der Waals surface area (Å²) in [5, 5.41) is 0.923. The molecule has 0 N–H and O–H groups in total. The van der Waals surface area contributed by atoms with Gasteiger partial charge in [0.2, 0.25) is 0 Å². The Balaban J connectivity index is 1.83. The van der Waals surface area contributed by atoms with Crippen LogP contribution in [0, 0.1) is 0 Å². The smallest absolute Gasteiger partial charge is 0.194 e. The molecule has 0 spiro atoms. The highest BCUT2D eigenvalue weighted by atomic mass is 35.5. The maximum atomic E-state index is 12.6. The highest BCUT2D eigenvalue weighted by molar-refractivity contribution is 6.37. The molecule has 2 aromatic carbocycles. The van der Waals surface area contributed by atoms with Crippen LogP contribution in [0.5, 0.6) is 0 Å². The van der Waals surface area contributed by atoms with Crippen molar-refractivity contribution in [1.29, 1.82) is 0 Å². The molecule has 3 rings (SSSR count). The fraction of sp³-hybridized carbons (Fsp3) is 0.278. The van der Waals surface area contributed by atoms with Gasteiger partial charge < -0.3 is 0 Å². The molecule has 2 nitrogen and oxygen atoms in total. The largest absolute Gasteiger partial charge is 0.299 e. The lowest BCUT2D eigenvalue weighted by molar-refractivity contribution is 0.103. The lowest BCUT2D eigenvalue weighted by atomic mass is 10.0. The van der Waals surface area contributed by atoms with Crippen LogP contribution >= 0.6 is 23.2 Å². The van der Waals surface area contributed by atoms with Crippen molar-refractivity contribution in [2.45, 2.75) is 19.4 Å². The summed E-state index contributed by atoms with van der Waals surface area (Å²) < 4.78 is 0. The minimum Gasteiger partial charge on any atom is -0.299 e. The number of carbonyl (C=O) groups is 1. The van der Waals surface area contributed by atoms with Crippen LogP contribution in [0.25, 0.3) is 0 Å². The summed E-state index contributed by atoms with van der Waals surface area (Å²) in [5.41, 5.74) is 2.32. The lowest BCUT2D eigenvalue weighted by Gasteiger charge is -2.15. The molecule has 0 aromatic heterocycles. The van der Waals surface area contributed by atoms with Gasteiger partial charge in [-0.15, -0.1) is 0 Å². The molecule has 0 amide bonds. The summed E-state index contributed by atoms with van der Waals surface area (Å²) >= 11 is 12.0. The van der Waals surface area contributed by atoms with Crippen molar-refractivity contribution in [2.75, 3.05) is 13.1 Å². The fourth-order valence-electron chi connectivity index (χ4n) is 2.84. The van der Waals surface area contributed by atoms with Gasteiger partial charge in [-0.3, -0.25) is 9.69 Å². The van der Waals surface area contributed by atoms with Crippen molar-refractivity contribution >= 4 is 29.0 Å². The maximum absolute atomic E-state index is 12.6. The number of hydrogen-bond acceptors (Lipinski definition) is 2. The Kier molecular flexibility index (Phi) is 4.82. The van der Waals surface area contributed by atoms with E-state index in [0.717, 1.165) is 25.2 Å². The molecule has 0 radical (unpaired) electrons. The highest BCUT2D eigenvalue weighted by Gasteiger charge is 2.15. The van der Waals surface area contributed by atoms with Gasteiger partial charge in [-0.05, 0) is 55.8 Å². The molecule has 2 aromatic rings. The van der Waals surface area contributed by atoms with E-state index in [9.17, 15) is 4.79 Å². The molecular weight excluding hydrogens is 317 g/mol. The quantitative estimate of drug-likeness (QED) is 0.747. The summed E-state index contributed by atoms with van der Waals surface area (Å²) in [6.07, 6.45) is 2.53. The first kappa shape index (κ1) is 15.5. The molecule has 22 heavy (non-hydrogen) atoms. The Hall–Kier alpha value is -1.35. The van der Waals surface area contributed by atoms with Crippen LogP contribution in [-0.4, -0.2) is 23.8 Å². The molecule has 4 heteroatoms. The van der Waals surface area contributed by atoms with Gasteiger partial charge in [0.25, 0.3) is 0 Å². The number of ketones is 1. The normalized spacial score (nSPS) is 15.2. The summed E-state index contributed by atoms with van der Waals surface area (Å²) in [7, 11) is 0. The van der Waals surface area contributed by atoms with E-state index in [1.807, 2.05) is 18.2 Å². The van der Waals surface area contributed by atoms with Gasteiger partial charge in [-0.2, -0.15) is 0 Å². The summed E-state index contributed by atoms with van der Waals surface area (Å²) in [6.45, 7) is 3.18. The molecule has 1 saturated heterocycles. The minimum absolute atomic E-state index is 0.0649. The van der Waals surface area contributed by atoms with Crippen molar-refractivity contribution < 1.29 is 4.79 Å². The topological polar surface area (TPSA) is 20.3 Å². The predicted octanol–water partition coefficient (Wildman–Crippen LogP) is 4.82. The van der Waals surface area contributed by atoms with E-state index in [2.05, 4.69) is 11.0 Å². The number of rotatable bonds is 4. The molecule has 114 valence electrons. The van der Waals surface area contributed by atoms with Crippen LogP contribution in [-0.2, 0) is 6.54 Å². The first-order valence-corrected chi connectivity index (χ1v) is 8.20. The number of nitrogens with zero attached hydrogens (tertiary/aromatic N) is 1. The monoisotopic (exact) mass is 333 g/mol. The number of carbonyl (C=O) groups excluding carboxylic acids is 1.